The maximum absolute atomic E-state index is 5.65. The summed E-state index contributed by atoms with van der Waals surface area (Å²) in [6, 6.07) is 7.53. The van der Waals surface area contributed by atoms with E-state index in [9.17, 15) is 0 Å². The topological polar surface area (TPSA) is 47.0 Å². The first kappa shape index (κ1) is 12.3. The maximum Gasteiger partial charge on any atom is 0.238 e. The lowest BCUT2D eigenvalue weighted by atomic mass is 10.3. The fourth-order valence-corrected chi connectivity index (χ4v) is 1.96. The second kappa shape index (κ2) is 5.46. The van der Waals surface area contributed by atoms with E-state index in [0.717, 1.165) is 10.2 Å². The van der Waals surface area contributed by atoms with Crippen molar-refractivity contribution in [3.8, 4) is 11.6 Å². The Bertz CT molecular complexity index is 517. The third-order valence-electron chi connectivity index (χ3n) is 2.02. The number of ether oxygens (including phenoxy) is 1. The van der Waals surface area contributed by atoms with Gasteiger partial charge in [-0.1, -0.05) is 15.9 Å². The Morgan fingerprint density at radius 2 is 1.82 bits per heavy atom. The van der Waals surface area contributed by atoms with Gasteiger partial charge in [-0.3, -0.25) is 0 Å². The molecular weight excluding hydrogens is 350 g/mol. The van der Waals surface area contributed by atoms with Crippen molar-refractivity contribution >= 4 is 37.7 Å². The number of rotatable bonds is 3. The summed E-state index contributed by atoms with van der Waals surface area (Å²) in [4.78, 5) is 8.13. The molecule has 0 radical (unpaired) electrons. The van der Waals surface area contributed by atoms with Crippen molar-refractivity contribution in [2.75, 3.05) is 12.4 Å². The summed E-state index contributed by atoms with van der Waals surface area (Å²) >= 11 is 6.76. The van der Waals surface area contributed by atoms with Crippen molar-refractivity contribution in [2.24, 2.45) is 0 Å². The van der Waals surface area contributed by atoms with E-state index in [1.165, 1.54) is 6.33 Å². The Morgan fingerprint density at radius 1 is 1.12 bits per heavy atom. The fourth-order valence-electron chi connectivity index (χ4n) is 1.21. The lowest BCUT2D eigenvalue weighted by Crippen LogP contribution is -1.97. The molecule has 0 unspecified atom stereocenters. The van der Waals surface area contributed by atoms with Gasteiger partial charge in [-0.15, -0.1) is 0 Å². The lowest BCUT2D eigenvalue weighted by Gasteiger charge is -2.08. The molecule has 0 fully saturated rings. The number of anilines is 1. The van der Waals surface area contributed by atoms with Gasteiger partial charge in [0.05, 0.1) is 0 Å². The zero-order valence-corrected chi connectivity index (χ0v) is 12.1. The summed E-state index contributed by atoms with van der Waals surface area (Å²) in [5, 5.41) is 2.95. The molecule has 0 spiro atoms. The highest BCUT2D eigenvalue weighted by Gasteiger charge is 2.09. The molecule has 2 aromatic rings. The highest BCUT2D eigenvalue weighted by atomic mass is 79.9. The summed E-state index contributed by atoms with van der Waals surface area (Å²) in [5.74, 6) is 1.88. The van der Waals surface area contributed by atoms with E-state index in [4.69, 9.17) is 4.74 Å². The normalized spacial score (nSPS) is 10.1. The van der Waals surface area contributed by atoms with Crippen molar-refractivity contribution in [1.82, 2.24) is 9.97 Å². The molecule has 0 aliphatic rings. The molecule has 4 nitrogen and oxygen atoms in total. The Morgan fingerprint density at radius 3 is 2.47 bits per heavy atom. The minimum absolute atomic E-state index is 0.478. The molecule has 6 heteroatoms. The fraction of sp³-hybridized carbons (Fsp3) is 0.0909. The second-order valence-electron chi connectivity index (χ2n) is 3.15. The zero-order valence-electron chi connectivity index (χ0n) is 8.95. The van der Waals surface area contributed by atoms with Crippen LogP contribution in [-0.4, -0.2) is 17.0 Å². The SMILES string of the molecule is CNc1ncnc(Oc2ccc(Br)cc2)c1Br. The summed E-state index contributed by atoms with van der Waals surface area (Å²) in [7, 11) is 1.79. The zero-order chi connectivity index (χ0) is 12.3. The molecule has 0 atom stereocenters. The summed E-state index contributed by atoms with van der Waals surface area (Å²) in [6.45, 7) is 0. The predicted molar refractivity (Wildman–Crippen MR) is 73.5 cm³/mol. The van der Waals surface area contributed by atoms with Gasteiger partial charge in [-0.25, -0.2) is 9.97 Å². The van der Waals surface area contributed by atoms with Gasteiger partial charge in [0, 0.05) is 11.5 Å². The van der Waals surface area contributed by atoms with E-state index < -0.39 is 0 Å². The van der Waals surface area contributed by atoms with E-state index in [1.54, 1.807) is 7.05 Å². The van der Waals surface area contributed by atoms with Crippen LogP contribution in [0.25, 0.3) is 0 Å². The van der Waals surface area contributed by atoms with Crippen LogP contribution in [0.1, 0.15) is 0 Å². The monoisotopic (exact) mass is 357 g/mol. The van der Waals surface area contributed by atoms with Crippen LogP contribution in [-0.2, 0) is 0 Å². The maximum atomic E-state index is 5.65. The Balaban J connectivity index is 2.27. The summed E-state index contributed by atoms with van der Waals surface area (Å²) < 4.78 is 7.35. The van der Waals surface area contributed by atoms with E-state index in [0.29, 0.717) is 16.2 Å². The van der Waals surface area contributed by atoms with Gasteiger partial charge in [-0.05, 0) is 40.2 Å². The van der Waals surface area contributed by atoms with E-state index >= 15 is 0 Å². The summed E-state index contributed by atoms with van der Waals surface area (Å²) in [6.07, 6.45) is 1.45. The average Bonchev–Trinajstić information content (AvgIpc) is 2.35. The van der Waals surface area contributed by atoms with Gasteiger partial charge in [0.1, 0.15) is 22.4 Å². The van der Waals surface area contributed by atoms with Crippen molar-refractivity contribution in [1.29, 1.82) is 0 Å². The van der Waals surface area contributed by atoms with Crippen LogP contribution < -0.4 is 10.1 Å². The first-order chi connectivity index (χ1) is 8.20. The van der Waals surface area contributed by atoms with Gasteiger partial charge in [0.2, 0.25) is 5.88 Å². The quantitative estimate of drug-likeness (QED) is 0.905. The highest BCUT2D eigenvalue weighted by Crippen LogP contribution is 2.31. The van der Waals surface area contributed by atoms with Gasteiger partial charge in [0.25, 0.3) is 0 Å². The number of hydrogen-bond acceptors (Lipinski definition) is 4. The second-order valence-corrected chi connectivity index (χ2v) is 4.86. The molecule has 1 aromatic carbocycles. The van der Waals surface area contributed by atoms with Gasteiger partial charge >= 0.3 is 0 Å². The molecule has 1 heterocycles. The lowest BCUT2D eigenvalue weighted by molar-refractivity contribution is 0.458. The highest BCUT2D eigenvalue weighted by molar-refractivity contribution is 9.11. The van der Waals surface area contributed by atoms with Crippen LogP contribution in [0.4, 0.5) is 5.82 Å². The number of aromatic nitrogens is 2. The van der Waals surface area contributed by atoms with E-state index in [1.807, 2.05) is 24.3 Å². The molecule has 88 valence electrons. The van der Waals surface area contributed by atoms with Crippen molar-refractivity contribution in [2.45, 2.75) is 0 Å². The minimum atomic E-state index is 0.478. The smallest absolute Gasteiger partial charge is 0.238 e. The van der Waals surface area contributed by atoms with Crippen molar-refractivity contribution in [3.63, 3.8) is 0 Å². The third kappa shape index (κ3) is 2.95. The molecule has 0 aliphatic heterocycles. The Kier molecular flexibility index (Phi) is 3.96. The molecule has 0 saturated heterocycles. The molecule has 1 N–H and O–H groups in total. The molecule has 1 aromatic heterocycles. The molecule has 0 saturated carbocycles. The summed E-state index contributed by atoms with van der Waals surface area (Å²) in [5.41, 5.74) is 0. The van der Waals surface area contributed by atoms with Crippen LogP contribution >= 0.6 is 31.9 Å². The molecule has 0 bridgehead atoms. The van der Waals surface area contributed by atoms with Gasteiger partial charge in [-0.2, -0.15) is 0 Å². The van der Waals surface area contributed by atoms with Gasteiger partial charge < -0.3 is 10.1 Å². The van der Waals surface area contributed by atoms with Crippen LogP contribution in [0.5, 0.6) is 11.6 Å². The van der Waals surface area contributed by atoms with Crippen LogP contribution in [0, 0.1) is 0 Å². The van der Waals surface area contributed by atoms with E-state index in [-0.39, 0.29) is 0 Å². The van der Waals surface area contributed by atoms with Crippen LogP contribution in [0.15, 0.2) is 39.5 Å². The predicted octanol–water partition coefficient (Wildman–Crippen LogP) is 3.84. The standard InChI is InChI=1S/C11H9Br2N3O/c1-14-10-9(13)11(16-6-15-10)17-8-4-2-7(12)3-5-8/h2-6H,1H3,(H,14,15,16). The van der Waals surface area contributed by atoms with Crippen molar-refractivity contribution < 1.29 is 4.74 Å². The molecule has 0 amide bonds. The largest absolute Gasteiger partial charge is 0.438 e. The number of benzene rings is 1. The molecule has 0 aliphatic carbocycles. The number of halogens is 2. The third-order valence-corrected chi connectivity index (χ3v) is 3.27. The number of hydrogen-bond donors (Lipinski definition) is 1. The van der Waals surface area contributed by atoms with Crippen LogP contribution in [0.3, 0.4) is 0 Å². The van der Waals surface area contributed by atoms with Crippen molar-refractivity contribution in [3.05, 3.63) is 39.5 Å². The number of nitrogens with one attached hydrogen (secondary N) is 1. The molecular formula is C11H9Br2N3O. The average molecular weight is 359 g/mol. The minimum Gasteiger partial charge on any atom is -0.438 e. The number of nitrogens with zero attached hydrogens (tertiary/aromatic N) is 2. The first-order valence-electron chi connectivity index (χ1n) is 4.82. The van der Waals surface area contributed by atoms with Gasteiger partial charge in [0.15, 0.2) is 0 Å². The molecule has 17 heavy (non-hydrogen) atoms. The Hall–Kier alpha value is -1.14. The first-order valence-corrected chi connectivity index (χ1v) is 6.41. The van der Waals surface area contributed by atoms with E-state index in [2.05, 4.69) is 47.1 Å². The Labute approximate surface area is 116 Å². The molecule has 2 rings (SSSR count). The van der Waals surface area contributed by atoms with Crippen LogP contribution in [0.2, 0.25) is 0 Å².